The number of unbranched alkanes of at least 4 members (excludes halogenated alkanes) is 1. The molecule has 0 radical (unpaired) electrons. The average Bonchev–Trinajstić information content (AvgIpc) is 3.56. The van der Waals surface area contributed by atoms with Crippen LogP contribution in [0.4, 0.5) is 0 Å². The van der Waals surface area contributed by atoms with Crippen LogP contribution in [0.2, 0.25) is 0 Å². The number of hydrogen-bond donors (Lipinski definition) is 0. The zero-order valence-corrected chi connectivity index (χ0v) is 21.7. The molecule has 2 aliphatic carbocycles. The second-order valence-electron chi connectivity index (χ2n) is 11.2. The Balaban J connectivity index is 1.13. The molecule has 2 saturated carbocycles. The lowest BCUT2D eigenvalue weighted by Crippen LogP contribution is -2.45. The zero-order valence-electron chi connectivity index (χ0n) is 21.7. The summed E-state index contributed by atoms with van der Waals surface area (Å²) in [5.41, 5.74) is 1.10. The molecular weight excluding hydrogens is 460 g/mol. The van der Waals surface area contributed by atoms with Gasteiger partial charge in [-0.05, 0) is 49.8 Å². The summed E-state index contributed by atoms with van der Waals surface area (Å²) in [6.07, 6.45) is 11.6. The molecule has 1 aromatic carbocycles. The van der Waals surface area contributed by atoms with Crippen LogP contribution in [0, 0.1) is 0 Å². The SMILES string of the molecule is CCCCOc1ccc(CO[C@@H]2[C@H]([C@@H]3COC4(CCCCC4)O3)O[C@@H]3OC4(CCCCC4)O[C@@H]32)cc1. The van der Waals surface area contributed by atoms with E-state index in [-0.39, 0.29) is 24.4 Å². The molecule has 5 atom stereocenters. The first-order chi connectivity index (χ1) is 17.7. The van der Waals surface area contributed by atoms with Gasteiger partial charge in [0.1, 0.15) is 30.2 Å². The highest BCUT2D eigenvalue weighted by Crippen LogP contribution is 2.48. The standard InChI is InChI=1S/C29H42O7/c1-2-3-18-30-22-12-10-21(11-13-22)19-31-25-24(23-20-32-28(34-23)14-6-4-7-15-28)33-27-26(25)35-29(36-27)16-8-5-9-17-29/h10-13,23-27H,2-9,14-20H2,1H3/t23-,24-,25+,26+,27+/m0/s1. The Kier molecular flexibility index (Phi) is 7.57. The second-order valence-corrected chi connectivity index (χ2v) is 11.2. The van der Waals surface area contributed by atoms with Gasteiger partial charge < -0.3 is 33.2 Å². The van der Waals surface area contributed by atoms with Crippen LogP contribution < -0.4 is 4.74 Å². The summed E-state index contributed by atoms with van der Waals surface area (Å²) in [4.78, 5) is 0. The molecule has 7 heteroatoms. The van der Waals surface area contributed by atoms with Gasteiger partial charge in [-0.15, -0.1) is 0 Å². The van der Waals surface area contributed by atoms with E-state index in [1.807, 2.05) is 12.1 Å². The Morgan fingerprint density at radius 2 is 1.56 bits per heavy atom. The summed E-state index contributed by atoms with van der Waals surface area (Å²) in [6, 6.07) is 8.19. The van der Waals surface area contributed by atoms with Crippen molar-refractivity contribution >= 4 is 0 Å². The van der Waals surface area contributed by atoms with Crippen LogP contribution in [0.3, 0.4) is 0 Å². The van der Waals surface area contributed by atoms with Crippen LogP contribution >= 0.6 is 0 Å². The summed E-state index contributed by atoms with van der Waals surface area (Å²) < 4.78 is 44.8. The predicted octanol–water partition coefficient (Wildman–Crippen LogP) is 5.63. The van der Waals surface area contributed by atoms with E-state index in [0.29, 0.717) is 13.2 Å². The van der Waals surface area contributed by atoms with Crippen molar-refractivity contribution in [2.75, 3.05) is 13.2 Å². The van der Waals surface area contributed by atoms with Crippen LogP contribution in [-0.4, -0.2) is 55.5 Å². The second kappa shape index (κ2) is 10.9. The highest BCUT2D eigenvalue weighted by Gasteiger charge is 2.61. The van der Waals surface area contributed by atoms with Crippen molar-refractivity contribution in [2.45, 2.75) is 133 Å². The smallest absolute Gasteiger partial charge is 0.190 e. The van der Waals surface area contributed by atoms with Gasteiger partial charge in [0, 0.05) is 25.7 Å². The van der Waals surface area contributed by atoms with Gasteiger partial charge in [0.25, 0.3) is 0 Å². The van der Waals surface area contributed by atoms with Gasteiger partial charge in [0.15, 0.2) is 17.9 Å². The number of rotatable bonds is 8. The summed E-state index contributed by atoms with van der Waals surface area (Å²) in [7, 11) is 0. The molecule has 2 spiro atoms. The fourth-order valence-corrected chi connectivity index (χ4v) is 6.47. The van der Waals surface area contributed by atoms with E-state index >= 15 is 0 Å². The third-order valence-corrected chi connectivity index (χ3v) is 8.50. The molecule has 5 aliphatic rings. The van der Waals surface area contributed by atoms with Gasteiger partial charge in [0.05, 0.1) is 19.8 Å². The fraction of sp³-hybridized carbons (Fsp3) is 0.793. The normalized spacial score (nSPS) is 34.9. The molecule has 5 fully saturated rings. The number of fused-ring (bicyclic) bond motifs is 1. The summed E-state index contributed by atoms with van der Waals surface area (Å²) in [5.74, 6) is -0.0700. The Bertz CT molecular complexity index is 846. The lowest BCUT2D eigenvalue weighted by molar-refractivity contribution is -0.263. The number of benzene rings is 1. The minimum absolute atomic E-state index is 0.178. The largest absolute Gasteiger partial charge is 0.494 e. The van der Waals surface area contributed by atoms with Crippen molar-refractivity contribution in [1.29, 1.82) is 0 Å². The van der Waals surface area contributed by atoms with E-state index < -0.39 is 17.9 Å². The molecule has 1 aromatic rings. The van der Waals surface area contributed by atoms with E-state index in [0.717, 1.165) is 82.1 Å². The minimum atomic E-state index is -0.519. The Labute approximate surface area is 215 Å². The molecule has 0 unspecified atom stereocenters. The van der Waals surface area contributed by atoms with Gasteiger partial charge in [-0.1, -0.05) is 38.3 Å². The maximum Gasteiger partial charge on any atom is 0.190 e. The van der Waals surface area contributed by atoms with Crippen molar-refractivity contribution in [3.05, 3.63) is 29.8 Å². The zero-order chi connectivity index (χ0) is 24.4. The molecule has 3 heterocycles. The van der Waals surface area contributed by atoms with Crippen LogP contribution in [0.5, 0.6) is 5.75 Å². The van der Waals surface area contributed by atoms with Crippen LogP contribution in [0.25, 0.3) is 0 Å². The lowest BCUT2D eigenvalue weighted by Gasteiger charge is -2.35. The van der Waals surface area contributed by atoms with Gasteiger partial charge in [0.2, 0.25) is 0 Å². The first-order valence-electron chi connectivity index (χ1n) is 14.3. The monoisotopic (exact) mass is 502 g/mol. The van der Waals surface area contributed by atoms with Crippen molar-refractivity contribution in [2.24, 2.45) is 0 Å². The van der Waals surface area contributed by atoms with Crippen molar-refractivity contribution in [1.82, 2.24) is 0 Å². The molecule has 0 aromatic heterocycles. The third kappa shape index (κ3) is 5.20. The van der Waals surface area contributed by atoms with Gasteiger partial charge in [-0.3, -0.25) is 0 Å². The maximum absolute atomic E-state index is 6.63. The predicted molar refractivity (Wildman–Crippen MR) is 132 cm³/mol. The topological polar surface area (TPSA) is 64.6 Å². The van der Waals surface area contributed by atoms with E-state index in [2.05, 4.69) is 19.1 Å². The van der Waals surface area contributed by atoms with Crippen LogP contribution in [0.15, 0.2) is 24.3 Å². The first-order valence-corrected chi connectivity index (χ1v) is 14.3. The van der Waals surface area contributed by atoms with Crippen LogP contribution in [0.1, 0.15) is 89.5 Å². The minimum Gasteiger partial charge on any atom is -0.494 e. The molecule has 3 aliphatic heterocycles. The summed E-state index contributed by atoms with van der Waals surface area (Å²) in [6.45, 7) is 3.92. The van der Waals surface area contributed by atoms with Gasteiger partial charge in [-0.25, -0.2) is 0 Å². The van der Waals surface area contributed by atoms with E-state index in [9.17, 15) is 0 Å². The maximum atomic E-state index is 6.63. The molecule has 0 bridgehead atoms. The van der Waals surface area contributed by atoms with Crippen molar-refractivity contribution in [3.63, 3.8) is 0 Å². The van der Waals surface area contributed by atoms with E-state index in [4.69, 9.17) is 33.2 Å². The van der Waals surface area contributed by atoms with Crippen molar-refractivity contribution < 1.29 is 33.2 Å². The number of ether oxygens (including phenoxy) is 7. The average molecular weight is 503 g/mol. The molecular formula is C29H42O7. The van der Waals surface area contributed by atoms with Crippen LogP contribution in [-0.2, 0) is 35.0 Å². The van der Waals surface area contributed by atoms with Gasteiger partial charge in [-0.2, -0.15) is 0 Å². The van der Waals surface area contributed by atoms with Crippen molar-refractivity contribution in [3.8, 4) is 5.75 Å². The van der Waals surface area contributed by atoms with E-state index in [1.54, 1.807) is 0 Å². The molecule has 3 saturated heterocycles. The molecule has 36 heavy (non-hydrogen) atoms. The molecule has 0 N–H and O–H groups in total. The highest BCUT2D eigenvalue weighted by molar-refractivity contribution is 5.27. The quantitative estimate of drug-likeness (QED) is 0.427. The summed E-state index contributed by atoms with van der Waals surface area (Å²) in [5, 5.41) is 0. The summed E-state index contributed by atoms with van der Waals surface area (Å²) >= 11 is 0. The van der Waals surface area contributed by atoms with E-state index in [1.165, 1.54) is 12.8 Å². The molecule has 7 nitrogen and oxygen atoms in total. The highest BCUT2D eigenvalue weighted by atomic mass is 16.9. The first kappa shape index (κ1) is 25.1. The number of hydrogen-bond acceptors (Lipinski definition) is 7. The third-order valence-electron chi connectivity index (χ3n) is 8.50. The molecule has 0 amide bonds. The van der Waals surface area contributed by atoms with Gasteiger partial charge >= 0.3 is 0 Å². The molecule has 6 rings (SSSR count). The fourth-order valence-electron chi connectivity index (χ4n) is 6.47. The lowest BCUT2D eigenvalue weighted by atomic mass is 9.94. The Morgan fingerprint density at radius 3 is 2.28 bits per heavy atom. The Hall–Kier alpha value is -1.22. The Morgan fingerprint density at radius 1 is 0.833 bits per heavy atom. The molecule has 200 valence electrons.